The van der Waals surface area contributed by atoms with Gasteiger partial charge in [0, 0.05) is 33.0 Å². The van der Waals surface area contributed by atoms with Gasteiger partial charge >= 0.3 is 0 Å². The van der Waals surface area contributed by atoms with E-state index in [0.717, 1.165) is 64.7 Å². The van der Waals surface area contributed by atoms with E-state index in [1.807, 2.05) is 0 Å². The number of hydrogen-bond donors (Lipinski definition) is 0. The molecule has 266 valence electrons. The summed E-state index contributed by atoms with van der Waals surface area (Å²) < 4.78 is 6.72. The van der Waals surface area contributed by atoms with E-state index in [1.54, 1.807) is 0 Å². The molecule has 1 saturated carbocycles. The van der Waals surface area contributed by atoms with Crippen LogP contribution in [0, 0.1) is 0 Å². The Bertz CT molecular complexity index is 2930. The van der Waals surface area contributed by atoms with Gasteiger partial charge in [-0.3, -0.25) is 0 Å². The molecule has 0 amide bonds. The molecule has 0 radical (unpaired) electrons. The number of hydrogen-bond acceptors (Lipinski definition) is 2. The van der Waals surface area contributed by atoms with Crippen LogP contribution in [0.25, 0.3) is 55.3 Å². The Kier molecular flexibility index (Phi) is 6.75. The van der Waals surface area contributed by atoms with E-state index in [9.17, 15) is 0 Å². The summed E-state index contributed by atoms with van der Waals surface area (Å²) in [6.45, 7) is 0. The lowest BCUT2D eigenvalue weighted by atomic mass is 9.57. The highest BCUT2D eigenvalue weighted by Gasteiger charge is 2.53. The zero-order valence-electron chi connectivity index (χ0n) is 31.1. The molecule has 0 atom stereocenters. The summed E-state index contributed by atoms with van der Waals surface area (Å²) in [6.07, 6.45) is 4.41. The second-order valence-electron chi connectivity index (χ2n) is 16.0. The summed E-state index contributed by atoms with van der Waals surface area (Å²) in [7, 11) is 0. The predicted octanol–water partition coefficient (Wildman–Crippen LogP) is 14.5. The standard InChI is InChI=1S/C54H39NO/c1-2-13-36(14-3-1)37-25-27-38(28-26-37)55(50-23-12-19-45-44-18-7-11-24-51(44)56-52(45)50)39-29-30-43-42-17-6-10-22-48(42)54(49(43)35-39)33-31-53(32-34-54)46-20-8-4-15-40(46)41-16-5-9-21-47(41)53/h1-30,35H,31-34H2. The molecule has 12 rings (SSSR count). The van der Waals surface area contributed by atoms with E-state index in [2.05, 4.69) is 193 Å². The Morgan fingerprint density at radius 1 is 0.375 bits per heavy atom. The highest BCUT2D eigenvalue weighted by atomic mass is 16.3. The Hall–Kier alpha value is -6.64. The molecule has 0 unspecified atom stereocenters. The van der Waals surface area contributed by atoms with Gasteiger partial charge in [0.1, 0.15) is 5.58 Å². The molecular formula is C54H39NO. The van der Waals surface area contributed by atoms with E-state index < -0.39 is 0 Å². The molecule has 0 N–H and O–H groups in total. The van der Waals surface area contributed by atoms with E-state index in [1.165, 1.54) is 55.6 Å². The summed E-state index contributed by atoms with van der Waals surface area (Å²) in [4.78, 5) is 2.42. The molecule has 0 saturated heterocycles. The van der Waals surface area contributed by atoms with Crippen LogP contribution in [0.4, 0.5) is 17.1 Å². The smallest absolute Gasteiger partial charge is 0.159 e. The second kappa shape index (κ2) is 11.9. The van der Waals surface area contributed by atoms with Crippen molar-refractivity contribution in [1.82, 2.24) is 0 Å². The molecule has 8 aromatic carbocycles. The fraction of sp³-hybridized carbons (Fsp3) is 0.111. The van der Waals surface area contributed by atoms with Gasteiger partial charge in [0.2, 0.25) is 0 Å². The van der Waals surface area contributed by atoms with Gasteiger partial charge in [0.25, 0.3) is 0 Å². The number of para-hydroxylation sites is 2. The van der Waals surface area contributed by atoms with Gasteiger partial charge < -0.3 is 9.32 Å². The van der Waals surface area contributed by atoms with Crippen LogP contribution < -0.4 is 4.90 Å². The van der Waals surface area contributed by atoms with Crippen molar-refractivity contribution >= 4 is 39.0 Å². The van der Waals surface area contributed by atoms with E-state index >= 15 is 0 Å². The number of fused-ring (bicyclic) bond motifs is 13. The van der Waals surface area contributed by atoms with Crippen LogP contribution in [-0.4, -0.2) is 0 Å². The van der Waals surface area contributed by atoms with Gasteiger partial charge in [-0.15, -0.1) is 0 Å². The highest BCUT2D eigenvalue weighted by molar-refractivity contribution is 6.10. The lowest BCUT2D eigenvalue weighted by Gasteiger charge is -2.45. The van der Waals surface area contributed by atoms with Gasteiger partial charge in [-0.25, -0.2) is 0 Å². The van der Waals surface area contributed by atoms with Crippen molar-refractivity contribution < 1.29 is 4.42 Å². The number of nitrogens with zero attached hydrogens (tertiary/aromatic N) is 1. The molecule has 2 spiro atoms. The number of furan rings is 1. The molecule has 3 aliphatic carbocycles. The first kappa shape index (κ1) is 31.7. The van der Waals surface area contributed by atoms with Crippen molar-refractivity contribution in [1.29, 1.82) is 0 Å². The maximum absolute atomic E-state index is 6.72. The van der Waals surface area contributed by atoms with Gasteiger partial charge in [0.15, 0.2) is 5.58 Å². The molecule has 2 nitrogen and oxygen atoms in total. The second-order valence-corrected chi connectivity index (χ2v) is 16.0. The summed E-state index contributed by atoms with van der Waals surface area (Å²) >= 11 is 0. The molecule has 1 heterocycles. The summed E-state index contributed by atoms with van der Waals surface area (Å²) in [5, 5.41) is 2.27. The maximum Gasteiger partial charge on any atom is 0.159 e. The minimum absolute atomic E-state index is 0.0389. The number of benzene rings is 8. The molecule has 1 aromatic heterocycles. The van der Waals surface area contributed by atoms with Crippen LogP contribution >= 0.6 is 0 Å². The summed E-state index contributed by atoms with van der Waals surface area (Å²) in [5.41, 5.74) is 19.0. The van der Waals surface area contributed by atoms with Crippen LogP contribution in [0.3, 0.4) is 0 Å². The molecule has 9 aromatic rings. The maximum atomic E-state index is 6.72. The van der Waals surface area contributed by atoms with Gasteiger partial charge in [-0.1, -0.05) is 152 Å². The third-order valence-corrected chi connectivity index (χ3v) is 13.5. The van der Waals surface area contributed by atoms with Crippen molar-refractivity contribution in [3.05, 3.63) is 210 Å². The van der Waals surface area contributed by atoms with Crippen molar-refractivity contribution in [2.24, 2.45) is 0 Å². The first-order valence-electron chi connectivity index (χ1n) is 20.0. The van der Waals surface area contributed by atoms with Crippen molar-refractivity contribution in [2.45, 2.75) is 36.5 Å². The highest BCUT2D eigenvalue weighted by Crippen LogP contribution is 2.64. The quantitative estimate of drug-likeness (QED) is 0.180. The lowest BCUT2D eigenvalue weighted by molar-refractivity contribution is 0.265. The first-order chi connectivity index (χ1) is 27.7. The molecule has 1 fully saturated rings. The van der Waals surface area contributed by atoms with Gasteiger partial charge in [0.05, 0.1) is 5.69 Å². The third kappa shape index (κ3) is 4.38. The van der Waals surface area contributed by atoms with Gasteiger partial charge in [-0.2, -0.15) is 0 Å². The van der Waals surface area contributed by atoms with Crippen molar-refractivity contribution in [3.63, 3.8) is 0 Å². The molecule has 0 bridgehead atoms. The number of rotatable bonds is 4. The van der Waals surface area contributed by atoms with E-state index in [0.29, 0.717) is 0 Å². The lowest BCUT2D eigenvalue weighted by Crippen LogP contribution is -2.39. The van der Waals surface area contributed by atoms with E-state index in [4.69, 9.17) is 4.42 Å². The molecule has 3 aliphatic rings. The summed E-state index contributed by atoms with van der Waals surface area (Å²) in [5.74, 6) is 0. The SMILES string of the molecule is c1ccc(-c2ccc(N(c3ccc4c(c3)C3(CCC5(CC3)c3ccccc3-c3ccccc35)c3ccccc3-4)c3cccc4c3oc3ccccc34)cc2)cc1. The fourth-order valence-electron chi connectivity index (χ4n) is 10.9. The first-order valence-corrected chi connectivity index (χ1v) is 20.0. The largest absolute Gasteiger partial charge is 0.454 e. The van der Waals surface area contributed by atoms with Crippen LogP contribution in [0.5, 0.6) is 0 Å². The molecular weight excluding hydrogens is 679 g/mol. The Labute approximate surface area is 327 Å². The van der Waals surface area contributed by atoms with Crippen LogP contribution in [0.1, 0.15) is 47.9 Å². The molecule has 56 heavy (non-hydrogen) atoms. The zero-order chi connectivity index (χ0) is 36.8. The Balaban J connectivity index is 1.03. The number of anilines is 3. The third-order valence-electron chi connectivity index (χ3n) is 13.5. The predicted molar refractivity (Wildman–Crippen MR) is 231 cm³/mol. The average Bonchev–Trinajstić information content (AvgIpc) is 3.88. The normalized spacial score (nSPS) is 15.5. The minimum atomic E-state index is -0.0755. The average molecular weight is 718 g/mol. The molecule has 0 aliphatic heterocycles. The van der Waals surface area contributed by atoms with E-state index in [-0.39, 0.29) is 10.8 Å². The Morgan fingerprint density at radius 2 is 0.875 bits per heavy atom. The zero-order valence-corrected chi connectivity index (χ0v) is 31.1. The van der Waals surface area contributed by atoms with Crippen LogP contribution in [-0.2, 0) is 10.8 Å². The van der Waals surface area contributed by atoms with Crippen LogP contribution in [0.15, 0.2) is 192 Å². The topological polar surface area (TPSA) is 16.4 Å². The fourth-order valence-corrected chi connectivity index (χ4v) is 10.9. The van der Waals surface area contributed by atoms with Crippen molar-refractivity contribution in [3.8, 4) is 33.4 Å². The van der Waals surface area contributed by atoms with Gasteiger partial charge in [-0.05, 0) is 118 Å². The van der Waals surface area contributed by atoms with Crippen molar-refractivity contribution in [2.75, 3.05) is 4.90 Å². The monoisotopic (exact) mass is 717 g/mol. The minimum Gasteiger partial charge on any atom is -0.454 e. The summed E-state index contributed by atoms with van der Waals surface area (Å²) in [6, 6.07) is 69.5. The van der Waals surface area contributed by atoms with Crippen LogP contribution in [0.2, 0.25) is 0 Å². The molecule has 2 heteroatoms. The Morgan fingerprint density at radius 3 is 1.54 bits per heavy atom.